The Morgan fingerprint density at radius 3 is 2.73 bits per heavy atom. The van der Waals surface area contributed by atoms with Gasteiger partial charge in [0.05, 0.1) is 13.3 Å². The van der Waals surface area contributed by atoms with Crippen LogP contribution < -0.4 is 14.9 Å². The van der Waals surface area contributed by atoms with E-state index in [4.69, 9.17) is 21.1 Å². The number of amides is 1. The van der Waals surface area contributed by atoms with Crippen molar-refractivity contribution < 1.29 is 14.3 Å². The van der Waals surface area contributed by atoms with Gasteiger partial charge in [0.25, 0.3) is 0 Å². The van der Waals surface area contributed by atoms with Crippen molar-refractivity contribution in [3.63, 3.8) is 0 Å². The molecule has 2 aromatic carbocycles. The van der Waals surface area contributed by atoms with E-state index in [1.54, 1.807) is 13.3 Å². The fourth-order valence-electron chi connectivity index (χ4n) is 4.72. The molecule has 2 saturated carbocycles. The van der Waals surface area contributed by atoms with Crippen molar-refractivity contribution in [2.75, 3.05) is 7.11 Å². The van der Waals surface area contributed by atoms with Crippen LogP contribution in [0.1, 0.15) is 43.7 Å². The van der Waals surface area contributed by atoms with Gasteiger partial charge in [0.15, 0.2) is 11.5 Å². The first-order valence-electron chi connectivity index (χ1n) is 10.4. The van der Waals surface area contributed by atoms with Gasteiger partial charge >= 0.3 is 0 Å². The zero-order valence-electron chi connectivity index (χ0n) is 17.4. The van der Waals surface area contributed by atoms with E-state index in [0.29, 0.717) is 29.0 Å². The SMILES string of the molecule is COc1cc(/C=N/NC(=O)[C@@H]2[C@@H]3CCCC[C@@]23C)ccc1OCc1ccc(Cl)cc1. The van der Waals surface area contributed by atoms with Crippen molar-refractivity contribution in [1.82, 2.24) is 5.43 Å². The molecule has 2 fully saturated rings. The number of ether oxygens (including phenoxy) is 2. The summed E-state index contributed by atoms with van der Waals surface area (Å²) in [6.45, 7) is 2.65. The van der Waals surface area contributed by atoms with Crippen LogP contribution >= 0.6 is 11.6 Å². The number of fused-ring (bicyclic) bond motifs is 1. The van der Waals surface area contributed by atoms with Gasteiger partial charge in [-0.1, -0.05) is 43.5 Å². The second-order valence-electron chi connectivity index (χ2n) is 8.40. The summed E-state index contributed by atoms with van der Waals surface area (Å²) in [6.07, 6.45) is 6.41. The molecule has 4 rings (SSSR count). The fourth-order valence-corrected chi connectivity index (χ4v) is 4.84. The Morgan fingerprint density at radius 1 is 1.23 bits per heavy atom. The number of hydrogen-bond acceptors (Lipinski definition) is 4. The second kappa shape index (κ2) is 8.68. The molecule has 2 aromatic rings. The highest BCUT2D eigenvalue weighted by Crippen LogP contribution is 2.66. The Kier molecular flexibility index (Phi) is 6.00. The van der Waals surface area contributed by atoms with Gasteiger partial charge in [0.1, 0.15) is 6.61 Å². The quantitative estimate of drug-likeness (QED) is 0.488. The van der Waals surface area contributed by atoms with Crippen LogP contribution in [0.25, 0.3) is 0 Å². The van der Waals surface area contributed by atoms with E-state index >= 15 is 0 Å². The van der Waals surface area contributed by atoms with Crippen molar-refractivity contribution >= 4 is 23.7 Å². The Morgan fingerprint density at radius 2 is 2.03 bits per heavy atom. The highest BCUT2D eigenvalue weighted by Gasteiger charge is 2.64. The molecule has 5 nitrogen and oxygen atoms in total. The summed E-state index contributed by atoms with van der Waals surface area (Å²) in [4.78, 5) is 12.5. The number of hydrogen-bond donors (Lipinski definition) is 1. The topological polar surface area (TPSA) is 59.9 Å². The molecule has 1 amide bonds. The summed E-state index contributed by atoms with van der Waals surface area (Å²) < 4.78 is 11.3. The summed E-state index contributed by atoms with van der Waals surface area (Å²) in [5.41, 5.74) is 4.75. The number of nitrogens with zero attached hydrogens (tertiary/aromatic N) is 1. The predicted molar refractivity (Wildman–Crippen MR) is 118 cm³/mol. The van der Waals surface area contributed by atoms with E-state index in [0.717, 1.165) is 24.0 Å². The molecule has 0 saturated heterocycles. The van der Waals surface area contributed by atoms with E-state index in [-0.39, 0.29) is 17.2 Å². The minimum absolute atomic E-state index is 0.0375. The third kappa shape index (κ3) is 4.31. The van der Waals surface area contributed by atoms with Gasteiger partial charge in [-0.3, -0.25) is 4.79 Å². The fraction of sp³-hybridized carbons (Fsp3) is 0.417. The minimum Gasteiger partial charge on any atom is -0.493 e. The molecule has 1 N–H and O–H groups in total. The molecule has 0 spiro atoms. The van der Waals surface area contributed by atoms with E-state index in [9.17, 15) is 4.79 Å². The Bertz CT molecular complexity index is 944. The summed E-state index contributed by atoms with van der Waals surface area (Å²) >= 11 is 5.91. The molecule has 2 aliphatic carbocycles. The highest BCUT2D eigenvalue weighted by molar-refractivity contribution is 6.30. The first-order chi connectivity index (χ1) is 14.5. The van der Waals surface area contributed by atoms with Gasteiger partial charge in [0, 0.05) is 10.9 Å². The number of hydrazone groups is 1. The molecular weight excluding hydrogens is 400 g/mol. The molecule has 158 valence electrons. The number of rotatable bonds is 7. The zero-order chi connectivity index (χ0) is 21.1. The molecule has 3 atom stereocenters. The average molecular weight is 427 g/mol. The van der Waals surface area contributed by atoms with Crippen LogP contribution in [-0.2, 0) is 11.4 Å². The van der Waals surface area contributed by atoms with Crippen LogP contribution in [0.4, 0.5) is 0 Å². The third-order valence-corrected chi connectivity index (χ3v) is 6.75. The van der Waals surface area contributed by atoms with E-state index in [1.165, 1.54) is 12.8 Å². The lowest BCUT2D eigenvalue weighted by Crippen LogP contribution is -2.22. The molecule has 6 heteroatoms. The van der Waals surface area contributed by atoms with E-state index < -0.39 is 0 Å². The van der Waals surface area contributed by atoms with Crippen molar-refractivity contribution in [2.24, 2.45) is 22.4 Å². The number of benzene rings is 2. The summed E-state index contributed by atoms with van der Waals surface area (Å²) in [6, 6.07) is 13.1. The normalized spacial score (nSPS) is 24.9. The van der Waals surface area contributed by atoms with Crippen molar-refractivity contribution in [2.45, 2.75) is 39.2 Å². The highest BCUT2D eigenvalue weighted by atomic mass is 35.5. The van der Waals surface area contributed by atoms with E-state index in [1.807, 2.05) is 42.5 Å². The number of halogens is 1. The number of methoxy groups -OCH3 is 1. The third-order valence-electron chi connectivity index (χ3n) is 6.50. The lowest BCUT2D eigenvalue weighted by Gasteiger charge is -2.15. The molecule has 0 bridgehead atoms. The van der Waals surface area contributed by atoms with Gasteiger partial charge in [-0.2, -0.15) is 5.10 Å². The maximum atomic E-state index is 12.5. The van der Waals surface area contributed by atoms with E-state index in [2.05, 4.69) is 17.5 Å². The lowest BCUT2D eigenvalue weighted by atomic mass is 9.90. The molecule has 0 aliphatic heterocycles. The maximum Gasteiger partial charge on any atom is 0.244 e. The average Bonchev–Trinajstić information content (AvgIpc) is 3.39. The molecule has 0 radical (unpaired) electrons. The summed E-state index contributed by atoms with van der Waals surface area (Å²) in [5.74, 6) is 1.92. The van der Waals surface area contributed by atoms with Crippen LogP contribution in [0.5, 0.6) is 11.5 Å². The van der Waals surface area contributed by atoms with Gasteiger partial charge in [-0.15, -0.1) is 0 Å². The van der Waals surface area contributed by atoms with Crippen LogP contribution in [0.15, 0.2) is 47.6 Å². The van der Waals surface area contributed by atoms with Gasteiger partial charge in [-0.05, 0) is 65.6 Å². The monoisotopic (exact) mass is 426 g/mol. The standard InChI is InChI=1S/C24H27ClN2O3/c1-24-12-4-3-5-19(24)22(24)23(28)27-26-14-17-8-11-20(21(13-17)29-2)30-15-16-6-9-18(25)10-7-16/h6-11,13-14,19,22H,3-5,12,15H2,1-2H3,(H,27,28)/b26-14+/t19-,22-,24+/m0/s1. The molecule has 0 unspecified atom stereocenters. The number of nitrogens with one attached hydrogen (secondary N) is 1. The predicted octanol–water partition coefficient (Wildman–Crippen LogP) is 5.20. The Labute approximate surface area is 182 Å². The van der Waals surface area contributed by atoms with Crippen molar-refractivity contribution in [3.8, 4) is 11.5 Å². The second-order valence-corrected chi connectivity index (χ2v) is 8.83. The Hall–Kier alpha value is -2.53. The molecule has 30 heavy (non-hydrogen) atoms. The smallest absolute Gasteiger partial charge is 0.244 e. The van der Waals surface area contributed by atoms with Crippen LogP contribution in [-0.4, -0.2) is 19.2 Å². The summed E-state index contributed by atoms with van der Waals surface area (Å²) in [7, 11) is 1.60. The van der Waals surface area contributed by atoms with Crippen molar-refractivity contribution in [3.05, 3.63) is 58.6 Å². The molecular formula is C24H27ClN2O3. The Balaban J connectivity index is 1.34. The van der Waals surface area contributed by atoms with Crippen LogP contribution in [0.3, 0.4) is 0 Å². The van der Waals surface area contributed by atoms with Gasteiger partial charge in [0.2, 0.25) is 5.91 Å². The van der Waals surface area contributed by atoms with Crippen LogP contribution in [0, 0.1) is 17.3 Å². The number of carbonyl (C=O) groups excluding carboxylic acids is 1. The maximum absolute atomic E-state index is 12.5. The number of carbonyl (C=O) groups is 1. The zero-order valence-corrected chi connectivity index (χ0v) is 18.1. The van der Waals surface area contributed by atoms with Gasteiger partial charge in [-0.25, -0.2) is 5.43 Å². The first kappa shape index (κ1) is 20.7. The van der Waals surface area contributed by atoms with Crippen molar-refractivity contribution in [1.29, 1.82) is 0 Å². The van der Waals surface area contributed by atoms with Crippen LogP contribution in [0.2, 0.25) is 5.02 Å². The minimum atomic E-state index is 0.0375. The molecule has 0 heterocycles. The molecule has 2 aliphatic rings. The largest absolute Gasteiger partial charge is 0.493 e. The lowest BCUT2D eigenvalue weighted by molar-refractivity contribution is -0.123. The van der Waals surface area contributed by atoms with Gasteiger partial charge < -0.3 is 9.47 Å². The summed E-state index contributed by atoms with van der Waals surface area (Å²) in [5, 5.41) is 4.86. The first-order valence-corrected chi connectivity index (χ1v) is 10.8. The molecule has 0 aromatic heterocycles.